The lowest BCUT2D eigenvalue weighted by Crippen LogP contribution is -2.31. The predicted octanol–water partition coefficient (Wildman–Crippen LogP) is 2.85. The number of nitrogens with one attached hydrogen (secondary N) is 1. The van der Waals surface area contributed by atoms with Crippen LogP contribution in [0.15, 0.2) is 54.6 Å². The molecule has 0 saturated carbocycles. The maximum atomic E-state index is 12.2. The molecule has 1 aliphatic heterocycles. The largest absolute Gasteiger partial charge is 0.452 e. The molecule has 6 nitrogen and oxygen atoms in total. The van der Waals surface area contributed by atoms with Gasteiger partial charge in [0.2, 0.25) is 5.91 Å². The van der Waals surface area contributed by atoms with Gasteiger partial charge in [0, 0.05) is 18.7 Å². The van der Waals surface area contributed by atoms with Crippen molar-refractivity contribution < 1.29 is 19.1 Å². The number of nitrogens with zero attached hydrogens (tertiary/aromatic N) is 1. The first-order valence-electron chi connectivity index (χ1n) is 8.96. The number of anilines is 1. The van der Waals surface area contributed by atoms with Crippen molar-refractivity contribution in [3.63, 3.8) is 0 Å². The average molecular weight is 366 g/mol. The number of rotatable bonds is 6. The highest BCUT2D eigenvalue weighted by Gasteiger charge is 2.22. The van der Waals surface area contributed by atoms with Crippen LogP contribution in [-0.2, 0) is 14.3 Å². The first kappa shape index (κ1) is 18.6. The fourth-order valence-corrected chi connectivity index (χ4v) is 3.04. The van der Waals surface area contributed by atoms with Gasteiger partial charge in [-0.15, -0.1) is 0 Å². The van der Waals surface area contributed by atoms with Gasteiger partial charge < -0.3 is 15.0 Å². The van der Waals surface area contributed by atoms with Crippen molar-refractivity contribution >= 4 is 23.5 Å². The zero-order chi connectivity index (χ0) is 19.2. The summed E-state index contributed by atoms with van der Waals surface area (Å²) in [4.78, 5) is 37.8. The SMILES string of the molecule is C[C@@H](NC(=O)COC(=O)c1cccc(N2CCCC2=O)c1)c1ccccc1. The summed E-state index contributed by atoms with van der Waals surface area (Å²) in [5.74, 6) is -0.911. The lowest BCUT2D eigenvalue weighted by atomic mass is 10.1. The van der Waals surface area contributed by atoms with Crippen molar-refractivity contribution in [2.45, 2.75) is 25.8 Å². The molecule has 1 aliphatic rings. The van der Waals surface area contributed by atoms with Crippen molar-refractivity contribution in [3.8, 4) is 0 Å². The van der Waals surface area contributed by atoms with Gasteiger partial charge in [-0.3, -0.25) is 9.59 Å². The monoisotopic (exact) mass is 366 g/mol. The normalized spacial score (nSPS) is 14.7. The molecule has 1 atom stereocenters. The Morgan fingerprint density at radius 1 is 1.15 bits per heavy atom. The zero-order valence-corrected chi connectivity index (χ0v) is 15.2. The predicted molar refractivity (Wildman–Crippen MR) is 101 cm³/mol. The van der Waals surface area contributed by atoms with E-state index in [9.17, 15) is 14.4 Å². The van der Waals surface area contributed by atoms with Gasteiger partial charge in [-0.1, -0.05) is 36.4 Å². The molecule has 1 fully saturated rings. The molecule has 2 aromatic carbocycles. The van der Waals surface area contributed by atoms with E-state index in [0.717, 1.165) is 12.0 Å². The van der Waals surface area contributed by atoms with E-state index in [2.05, 4.69) is 5.32 Å². The van der Waals surface area contributed by atoms with Crippen molar-refractivity contribution in [2.75, 3.05) is 18.1 Å². The molecular weight excluding hydrogens is 344 g/mol. The third-order valence-electron chi connectivity index (χ3n) is 4.48. The first-order valence-corrected chi connectivity index (χ1v) is 8.96. The Morgan fingerprint density at radius 3 is 2.63 bits per heavy atom. The van der Waals surface area contributed by atoms with Gasteiger partial charge in [0.15, 0.2) is 6.61 Å². The smallest absolute Gasteiger partial charge is 0.338 e. The highest BCUT2D eigenvalue weighted by molar-refractivity contribution is 5.97. The molecule has 0 radical (unpaired) electrons. The Labute approximate surface area is 158 Å². The zero-order valence-electron chi connectivity index (χ0n) is 15.2. The van der Waals surface area contributed by atoms with Gasteiger partial charge in [0.25, 0.3) is 5.91 Å². The fourth-order valence-electron chi connectivity index (χ4n) is 3.04. The highest BCUT2D eigenvalue weighted by atomic mass is 16.5. The van der Waals surface area contributed by atoms with E-state index >= 15 is 0 Å². The van der Waals surface area contributed by atoms with Crippen molar-refractivity contribution in [1.82, 2.24) is 5.32 Å². The quantitative estimate of drug-likeness (QED) is 0.798. The minimum atomic E-state index is -0.592. The number of esters is 1. The Kier molecular flexibility index (Phi) is 5.86. The Hall–Kier alpha value is -3.15. The third kappa shape index (κ3) is 4.73. The second-order valence-electron chi connectivity index (χ2n) is 6.48. The number of hydrogen-bond acceptors (Lipinski definition) is 4. The van der Waals surface area contributed by atoms with Gasteiger partial charge in [-0.2, -0.15) is 0 Å². The molecule has 140 valence electrons. The summed E-state index contributed by atoms with van der Waals surface area (Å²) >= 11 is 0. The molecule has 3 rings (SSSR count). The van der Waals surface area contributed by atoms with Gasteiger partial charge >= 0.3 is 5.97 Å². The number of carbonyl (C=O) groups excluding carboxylic acids is 3. The van der Waals surface area contributed by atoms with E-state index < -0.39 is 5.97 Å². The summed E-state index contributed by atoms with van der Waals surface area (Å²) < 4.78 is 5.12. The third-order valence-corrected chi connectivity index (χ3v) is 4.48. The number of benzene rings is 2. The maximum Gasteiger partial charge on any atom is 0.338 e. The Bertz CT molecular complexity index is 835. The molecule has 0 bridgehead atoms. The van der Waals surface area contributed by atoms with E-state index in [4.69, 9.17) is 4.74 Å². The molecule has 6 heteroatoms. The van der Waals surface area contributed by atoms with E-state index in [1.165, 1.54) is 0 Å². The molecule has 2 aromatic rings. The highest BCUT2D eigenvalue weighted by Crippen LogP contribution is 2.22. The Morgan fingerprint density at radius 2 is 1.93 bits per heavy atom. The van der Waals surface area contributed by atoms with Gasteiger partial charge in [-0.25, -0.2) is 4.79 Å². The lowest BCUT2D eigenvalue weighted by molar-refractivity contribution is -0.124. The summed E-state index contributed by atoms with van der Waals surface area (Å²) in [6.45, 7) is 2.16. The molecular formula is C21H22N2O4. The van der Waals surface area contributed by atoms with Crippen LogP contribution in [-0.4, -0.2) is 30.9 Å². The molecule has 1 heterocycles. The van der Waals surface area contributed by atoms with Crippen LogP contribution in [0.25, 0.3) is 0 Å². The second kappa shape index (κ2) is 8.49. The summed E-state index contributed by atoms with van der Waals surface area (Å²) in [6, 6.07) is 16.1. The van der Waals surface area contributed by atoms with Crippen molar-refractivity contribution in [2.24, 2.45) is 0 Å². The van der Waals surface area contributed by atoms with Gasteiger partial charge in [0.05, 0.1) is 11.6 Å². The summed E-state index contributed by atoms with van der Waals surface area (Å²) in [5.41, 5.74) is 1.96. The molecule has 0 spiro atoms. The van der Waals surface area contributed by atoms with E-state index in [1.54, 1.807) is 29.2 Å². The molecule has 1 N–H and O–H groups in total. The summed E-state index contributed by atoms with van der Waals surface area (Å²) in [5, 5.41) is 2.80. The number of amides is 2. The van der Waals surface area contributed by atoms with Gasteiger partial charge in [0.1, 0.15) is 0 Å². The van der Waals surface area contributed by atoms with Crippen LogP contribution in [0.4, 0.5) is 5.69 Å². The van der Waals surface area contributed by atoms with Crippen LogP contribution in [0.5, 0.6) is 0 Å². The average Bonchev–Trinajstić information content (AvgIpc) is 3.13. The van der Waals surface area contributed by atoms with E-state index in [-0.39, 0.29) is 24.5 Å². The Balaban J connectivity index is 1.54. The van der Waals surface area contributed by atoms with Crippen LogP contribution < -0.4 is 10.2 Å². The minimum Gasteiger partial charge on any atom is -0.452 e. The standard InChI is InChI=1S/C21H22N2O4/c1-15(16-7-3-2-4-8-16)22-19(24)14-27-21(26)17-9-5-10-18(13-17)23-12-6-11-20(23)25/h2-5,7-10,13,15H,6,11-12,14H2,1H3,(H,22,24)/t15-/m1/s1. The maximum absolute atomic E-state index is 12.2. The van der Waals surface area contributed by atoms with Crippen LogP contribution in [0.2, 0.25) is 0 Å². The van der Waals surface area contributed by atoms with Crippen molar-refractivity contribution in [3.05, 3.63) is 65.7 Å². The molecule has 1 saturated heterocycles. The molecule has 2 amide bonds. The number of ether oxygens (including phenoxy) is 1. The van der Waals surface area contributed by atoms with Crippen LogP contribution >= 0.6 is 0 Å². The van der Waals surface area contributed by atoms with Crippen LogP contribution in [0.3, 0.4) is 0 Å². The summed E-state index contributed by atoms with van der Waals surface area (Å²) in [7, 11) is 0. The molecule has 27 heavy (non-hydrogen) atoms. The molecule has 0 unspecified atom stereocenters. The number of hydrogen-bond donors (Lipinski definition) is 1. The molecule has 0 aromatic heterocycles. The fraction of sp³-hybridized carbons (Fsp3) is 0.286. The van der Waals surface area contributed by atoms with E-state index in [1.807, 2.05) is 37.3 Å². The second-order valence-corrected chi connectivity index (χ2v) is 6.48. The topological polar surface area (TPSA) is 75.7 Å². The summed E-state index contributed by atoms with van der Waals surface area (Å²) in [6.07, 6.45) is 1.34. The first-order chi connectivity index (χ1) is 13.0. The van der Waals surface area contributed by atoms with Crippen LogP contribution in [0.1, 0.15) is 41.7 Å². The molecule has 0 aliphatic carbocycles. The number of carbonyl (C=O) groups is 3. The van der Waals surface area contributed by atoms with Crippen molar-refractivity contribution in [1.29, 1.82) is 0 Å². The minimum absolute atomic E-state index is 0.0507. The van der Waals surface area contributed by atoms with E-state index in [0.29, 0.717) is 24.2 Å². The van der Waals surface area contributed by atoms with Crippen LogP contribution in [0, 0.1) is 0 Å². The lowest BCUT2D eigenvalue weighted by Gasteiger charge is -2.16. The van der Waals surface area contributed by atoms with Gasteiger partial charge in [-0.05, 0) is 37.1 Å².